The van der Waals surface area contributed by atoms with Crippen LogP contribution < -0.4 is 0 Å². The molecule has 0 atom stereocenters. The summed E-state index contributed by atoms with van der Waals surface area (Å²) in [5, 5.41) is 0. The minimum atomic E-state index is 1.23. The van der Waals surface area contributed by atoms with Crippen LogP contribution in [0.15, 0.2) is 30.3 Å². The fraction of sp³-hybridized carbons (Fsp3) is 0. The number of hydrogen-bond acceptors (Lipinski definition) is 0. The molecule has 1 aromatic carbocycles. The third-order valence-electron chi connectivity index (χ3n) is 0.936. The predicted octanol–water partition coefficient (Wildman–Crippen LogP) is 1.38. The normalized spacial score (nSPS) is 8.50. The molecule has 1 heteroatoms. The molecule has 0 saturated carbocycles. The van der Waals surface area contributed by atoms with Crippen molar-refractivity contribution in [2.75, 3.05) is 0 Å². The Balaban J connectivity index is 2.99. The van der Waals surface area contributed by atoms with Crippen LogP contribution in [0.5, 0.6) is 0 Å². The predicted molar refractivity (Wildman–Crippen MR) is 31.6 cm³/mol. The average molecular weight is 142 g/mol. The first kappa shape index (κ1) is 5.75. The van der Waals surface area contributed by atoms with Crippen LogP contribution in [0.25, 0.3) is 0 Å². The van der Waals surface area contributed by atoms with Crippen LogP contribution in [0, 0.1) is 0 Å². The van der Waals surface area contributed by atoms with Gasteiger partial charge in [-0.05, 0) is 0 Å². The molecule has 0 spiro atoms. The SMILES string of the molecule is [Cr]=[CH]c1ccccc1. The van der Waals surface area contributed by atoms with Gasteiger partial charge in [-0.2, -0.15) is 0 Å². The van der Waals surface area contributed by atoms with Gasteiger partial charge in [0, 0.05) is 0 Å². The van der Waals surface area contributed by atoms with E-state index in [1.165, 1.54) is 5.56 Å². The summed E-state index contributed by atoms with van der Waals surface area (Å²) in [5.74, 6) is 0. The van der Waals surface area contributed by atoms with Gasteiger partial charge in [0.05, 0.1) is 0 Å². The van der Waals surface area contributed by atoms with Crippen molar-refractivity contribution in [3.8, 4) is 0 Å². The molecule has 0 heterocycles. The number of hydrogen-bond donors (Lipinski definition) is 0. The van der Waals surface area contributed by atoms with Crippen LogP contribution in [0.1, 0.15) is 5.56 Å². The van der Waals surface area contributed by atoms with Crippen LogP contribution in [0.3, 0.4) is 0 Å². The fourth-order valence-electron chi connectivity index (χ4n) is 0.532. The Labute approximate surface area is 57.1 Å². The molecule has 0 aliphatic heterocycles. The van der Waals surface area contributed by atoms with Gasteiger partial charge in [-0.25, -0.2) is 0 Å². The molecular weight excluding hydrogens is 136 g/mol. The Morgan fingerprint density at radius 3 is 2.12 bits per heavy atom. The fourth-order valence-corrected chi connectivity index (χ4v) is 0.777. The third kappa shape index (κ3) is 1.30. The molecular formula is C7H6Cr. The van der Waals surface area contributed by atoms with E-state index in [1.807, 2.05) is 23.1 Å². The molecule has 40 valence electrons. The zero-order chi connectivity index (χ0) is 5.82. The monoisotopic (exact) mass is 142 g/mol. The molecule has 0 nitrogen and oxygen atoms in total. The third-order valence-corrected chi connectivity index (χ3v) is 1.36. The summed E-state index contributed by atoms with van der Waals surface area (Å²) in [6, 6.07) is 10.1. The van der Waals surface area contributed by atoms with Crippen molar-refractivity contribution in [2.24, 2.45) is 0 Å². The Morgan fingerprint density at radius 1 is 1.12 bits per heavy atom. The van der Waals surface area contributed by atoms with E-state index in [0.717, 1.165) is 0 Å². The van der Waals surface area contributed by atoms with Crippen molar-refractivity contribution in [1.29, 1.82) is 0 Å². The summed E-state index contributed by atoms with van der Waals surface area (Å²) in [5.41, 5.74) is 1.23. The second kappa shape index (κ2) is 2.82. The molecule has 0 N–H and O–H groups in total. The molecule has 8 heavy (non-hydrogen) atoms. The molecule has 0 saturated heterocycles. The molecule has 0 fully saturated rings. The van der Waals surface area contributed by atoms with Gasteiger partial charge < -0.3 is 0 Å². The summed E-state index contributed by atoms with van der Waals surface area (Å²) in [7, 11) is 0. The van der Waals surface area contributed by atoms with Crippen molar-refractivity contribution in [1.82, 2.24) is 0 Å². The van der Waals surface area contributed by atoms with Gasteiger partial charge in [0.2, 0.25) is 0 Å². The Hall–Kier alpha value is -0.378. The summed E-state index contributed by atoms with van der Waals surface area (Å²) in [6.07, 6.45) is 0. The van der Waals surface area contributed by atoms with Gasteiger partial charge in [-0.15, -0.1) is 0 Å². The van der Waals surface area contributed by atoms with E-state index in [9.17, 15) is 0 Å². The van der Waals surface area contributed by atoms with Crippen molar-refractivity contribution in [3.63, 3.8) is 0 Å². The zero-order valence-corrected chi connectivity index (χ0v) is 5.65. The Kier molecular flexibility index (Phi) is 2.03. The summed E-state index contributed by atoms with van der Waals surface area (Å²) >= 11 is 2.83. The first-order chi connectivity index (χ1) is 3.93. The summed E-state index contributed by atoms with van der Waals surface area (Å²) in [6.45, 7) is 0. The number of benzene rings is 1. The van der Waals surface area contributed by atoms with Crippen molar-refractivity contribution in [2.45, 2.75) is 0 Å². The average Bonchev–Trinajstić information content (AvgIpc) is 1.90. The van der Waals surface area contributed by atoms with E-state index in [0.29, 0.717) is 0 Å². The van der Waals surface area contributed by atoms with Crippen molar-refractivity contribution >= 4 is 4.88 Å². The molecule has 0 aromatic heterocycles. The van der Waals surface area contributed by atoms with Crippen LogP contribution in [0.2, 0.25) is 0 Å². The van der Waals surface area contributed by atoms with E-state index < -0.39 is 0 Å². The zero-order valence-electron chi connectivity index (χ0n) is 4.37. The molecule has 1 rings (SSSR count). The summed E-state index contributed by atoms with van der Waals surface area (Å²) in [4.78, 5) is 1.96. The maximum atomic E-state index is 2.83. The second-order valence-electron chi connectivity index (χ2n) is 1.53. The van der Waals surface area contributed by atoms with E-state index in [-0.39, 0.29) is 0 Å². The van der Waals surface area contributed by atoms with Gasteiger partial charge in [0.1, 0.15) is 0 Å². The first-order valence-electron chi connectivity index (χ1n) is 2.44. The molecule has 0 bridgehead atoms. The van der Waals surface area contributed by atoms with E-state index in [1.54, 1.807) is 0 Å². The molecule has 1 aromatic rings. The van der Waals surface area contributed by atoms with Crippen molar-refractivity contribution in [3.05, 3.63) is 35.9 Å². The van der Waals surface area contributed by atoms with Gasteiger partial charge >= 0.3 is 56.6 Å². The van der Waals surface area contributed by atoms with Gasteiger partial charge in [0.25, 0.3) is 0 Å². The Morgan fingerprint density at radius 2 is 1.75 bits per heavy atom. The van der Waals surface area contributed by atoms with Crippen LogP contribution in [-0.4, -0.2) is 4.88 Å². The molecule has 0 aliphatic rings. The van der Waals surface area contributed by atoms with Crippen LogP contribution in [0.4, 0.5) is 0 Å². The first-order valence-corrected chi connectivity index (χ1v) is 3.17. The van der Waals surface area contributed by atoms with Crippen molar-refractivity contribution < 1.29 is 15.9 Å². The standard InChI is InChI=1S/C7H6.Cr/c1-7-5-3-2-4-6-7;/h1-6H;. The Bertz CT molecular complexity index is 167. The molecule has 0 amide bonds. The van der Waals surface area contributed by atoms with Gasteiger partial charge in [-0.1, -0.05) is 0 Å². The van der Waals surface area contributed by atoms with E-state index >= 15 is 0 Å². The quantitative estimate of drug-likeness (QED) is 0.555. The molecule has 0 unspecified atom stereocenters. The van der Waals surface area contributed by atoms with Crippen LogP contribution in [-0.2, 0) is 15.9 Å². The van der Waals surface area contributed by atoms with E-state index in [2.05, 4.69) is 28.0 Å². The maximum absolute atomic E-state index is 2.83. The minimum absolute atomic E-state index is 1.23. The molecule has 0 aliphatic carbocycles. The van der Waals surface area contributed by atoms with E-state index in [4.69, 9.17) is 0 Å². The summed E-state index contributed by atoms with van der Waals surface area (Å²) < 4.78 is 0. The van der Waals surface area contributed by atoms with Gasteiger partial charge in [-0.3, -0.25) is 0 Å². The molecule has 0 radical (unpaired) electrons. The number of rotatable bonds is 1. The van der Waals surface area contributed by atoms with Crippen LogP contribution >= 0.6 is 0 Å². The second-order valence-corrected chi connectivity index (χ2v) is 1.90. The van der Waals surface area contributed by atoms with Gasteiger partial charge in [0.15, 0.2) is 0 Å². The topological polar surface area (TPSA) is 0 Å².